The number of carboxylic acids is 1. The van der Waals surface area contributed by atoms with Crippen LogP contribution in [0.25, 0.3) is 0 Å². The average molecular weight is 536 g/mol. The number of primary amides is 1. The van der Waals surface area contributed by atoms with E-state index in [2.05, 4.69) is 16.0 Å². The van der Waals surface area contributed by atoms with Gasteiger partial charge in [0.2, 0.25) is 23.6 Å². The van der Waals surface area contributed by atoms with Crippen molar-refractivity contribution in [1.29, 1.82) is 0 Å². The third-order valence-electron chi connectivity index (χ3n) is 5.82. The topological polar surface area (TPSA) is 246 Å². The molecule has 0 aliphatic heterocycles. The standard InChI is InChI=1S/C25H41N7O6/c26-12-6-4-10-17(28)22(34)31-19(14-16-8-2-1-3-9-16)24(36)30-18(11-5-7-13-27)23(35)32-20(25(37)38)15-21(29)33/h1-3,8-9,17-20H,4-7,10-15,26-28H2,(H2,29,33)(H,30,36)(H,31,34)(H,32,35)(H,37,38). The first-order chi connectivity index (χ1) is 18.1. The number of amides is 4. The molecule has 0 spiro atoms. The molecule has 1 aromatic rings. The number of carbonyl (C=O) groups is 5. The van der Waals surface area contributed by atoms with Gasteiger partial charge in [-0.3, -0.25) is 19.2 Å². The van der Waals surface area contributed by atoms with E-state index < -0.39 is 60.2 Å². The van der Waals surface area contributed by atoms with E-state index in [0.29, 0.717) is 45.2 Å². The molecule has 4 unspecified atom stereocenters. The van der Waals surface area contributed by atoms with Crippen LogP contribution >= 0.6 is 0 Å². The molecule has 12 N–H and O–H groups in total. The fraction of sp³-hybridized carbons (Fsp3) is 0.560. The molecule has 4 amide bonds. The van der Waals surface area contributed by atoms with E-state index in [4.69, 9.17) is 22.9 Å². The van der Waals surface area contributed by atoms with Gasteiger partial charge in [-0.05, 0) is 50.8 Å². The van der Waals surface area contributed by atoms with Gasteiger partial charge in [0.25, 0.3) is 0 Å². The summed E-state index contributed by atoms with van der Waals surface area (Å²) in [6.45, 7) is 0.833. The molecule has 4 atom stereocenters. The predicted octanol–water partition coefficient (Wildman–Crippen LogP) is -1.77. The van der Waals surface area contributed by atoms with Gasteiger partial charge in [0.15, 0.2) is 0 Å². The molecule has 0 aliphatic carbocycles. The Kier molecular flexibility index (Phi) is 15.2. The molecular weight excluding hydrogens is 494 g/mol. The maximum absolute atomic E-state index is 13.3. The molecular formula is C25H41N7O6. The van der Waals surface area contributed by atoms with Gasteiger partial charge in [0, 0.05) is 6.42 Å². The van der Waals surface area contributed by atoms with Crippen molar-refractivity contribution in [3.8, 4) is 0 Å². The van der Waals surface area contributed by atoms with Crippen molar-refractivity contribution >= 4 is 29.6 Å². The molecule has 1 rings (SSSR count). The summed E-state index contributed by atoms with van der Waals surface area (Å²) in [7, 11) is 0. The lowest BCUT2D eigenvalue weighted by Crippen LogP contribution is -2.57. The van der Waals surface area contributed by atoms with Gasteiger partial charge in [0.1, 0.15) is 18.1 Å². The molecule has 212 valence electrons. The first-order valence-corrected chi connectivity index (χ1v) is 12.7. The number of carboxylic acid groups (broad SMARTS) is 1. The summed E-state index contributed by atoms with van der Waals surface area (Å²) in [6, 6.07) is 4.38. The van der Waals surface area contributed by atoms with Crippen molar-refractivity contribution in [2.24, 2.45) is 22.9 Å². The summed E-state index contributed by atoms with van der Waals surface area (Å²) in [5.41, 5.74) is 22.9. The number of carbonyl (C=O) groups excluding carboxylic acids is 4. The van der Waals surface area contributed by atoms with Gasteiger partial charge in [-0.15, -0.1) is 0 Å². The highest BCUT2D eigenvalue weighted by atomic mass is 16.4. The number of rotatable bonds is 19. The highest BCUT2D eigenvalue weighted by Crippen LogP contribution is 2.08. The first kappa shape index (κ1) is 32.5. The van der Waals surface area contributed by atoms with Crippen molar-refractivity contribution in [3.05, 3.63) is 35.9 Å². The van der Waals surface area contributed by atoms with E-state index in [1.54, 1.807) is 24.3 Å². The highest BCUT2D eigenvalue weighted by Gasteiger charge is 2.30. The van der Waals surface area contributed by atoms with E-state index in [1.807, 2.05) is 6.07 Å². The second-order valence-corrected chi connectivity index (χ2v) is 9.06. The number of nitrogens with two attached hydrogens (primary N) is 4. The monoisotopic (exact) mass is 535 g/mol. The maximum atomic E-state index is 13.3. The summed E-state index contributed by atoms with van der Waals surface area (Å²) in [5.74, 6) is -4.31. The lowest BCUT2D eigenvalue weighted by atomic mass is 10.0. The Hall–Kier alpha value is -3.55. The van der Waals surface area contributed by atoms with Gasteiger partial charge < -0.3 is 44.0 Å². The highest BCUT2D eigenvalue weighted by molar-refractivity contribution is 5.95. The van der Waals surface area contributed by atoms with Crippen LogP contribution in [0.15, 0.2) is 30.3 Å². The summed E-state index contributed by atoms with van der Waals surface area (Å²) in [6.07, 6.45) is 2.45. The lowest BCUT2D eigenvalue weighted by Gasteiger charge is -2.25. The van der Waals surface area contributed by atoms with Gasteiger partial charge in [-0.25, -0.2) is 4.79 Å². The van der Waals surface area contributed by atoms with Crippen molar-refractivity contribution < 1.29 is 29.1 Å². The fourth-order valence-electron chi connectivity index (χ4n) is 3.69. The summed E-state index contributed by atoms with van der Waals surface area (Å²) < 4.78 is 0. The largest absolute Gasteiger partial charge is 0.480 e. The number of benzene rings is 1. The Morgan fingerprint density at radius 3 is 1.82 bits per heavy atom. The summed E-state index contributed by atoms with van der Waals surface area (Å²) in [4.78, 5) is 61.7. The Balaban J connectivity index is 3.07. The Labute approximate surface area is 222 Å². The zero-order chi connectivity index (χ0) is 28.5. The first-order valence-electron chi connectivity index (χ1n) is 12.7. The third kappa shape index (κ3) is 12.6. The minimum atomic E-state index is -1.56. The molecule has 38 heavy (non-hydrogen) atoms. The lowest BCUT2D eigenvalue weighted by molar-refractivity contribution is -0.143. The van der Waals surface area contributed by atoms with Crippen molar-refractivity contribution in [2.75, 3.05) is 13.1 Å². The van der Waals surface area contributed by atoms with Gasteiger partial charge in [-0.1, -0.05) is 36.8 Å². The Morgan fingerprint density at radius 2 is 1.26 bits per heavy atom. The Morgan fingerprint density at radius 1 is 0.737 bits per heavy atom. The normalized spacial score (nSPS) is 14.0. The molecule has 13 heteroatoms. The maximum Gasteiger partial charge on any atom is 0.326 e. The molecule has 13 nitrogen and oxygen atoms in total. The fourth-order valence-corrected chi connectivity index (χ4v) is 3.69. The van der Waals surface area contributed by atoms with Crippen molar-refractivity contribution in [1.82, 2.24) is 16.0 Å². The van der Waals surface area contributed by atoms with E-state index in [1.165, 1.54) is 0 Å². The molecule has 0 aliphatic rings. The van der Waals surface area contributed by atoms with Crippen molar-refractivity contribution in [2.45, 2.75) is 75.5 Å². The van der Waals surface area contributed by atoms with E-state index in [9.17, 15) is 29.1 Å². The zero-order valence-corrected chi connectivity index (χ0v) is 21.6. The van der Waals surface area contributed by atoms with Crippen LogP contribution in [0.1, 0.15) is 50.5 Å². The number of hydrogen-bond acceptors (Lipinski definition) is 8. The average Bonchev–Trinajstić information content (AvgIpc) is 2.87. The molecule has 0 saturated carbocycles. The molecule has 0 saturated heterocycles. The van der Waals surface area contributed by atoms with Gasteiger partial charge in [0.05, 0.1) is 12.5 Å². The summed E-state index contributed by atoms with van der Waals surface area (Å²) in [5, 5.41) is 16.9. The smallest absolute Gasteiger partial charge is 0.326 e. The molecule has 0 aromatic heterocycles. The van der Waals surface area contributed by atoms with Crippen LogP contribution in [-0.2, 0) is 30.4 Å². The minimum absolute atomic E-state index is 0.129. The van der Waals surface area contributed by atoms with E-state index in [0.717, 1.165) is 5.56 Å². The third-order valence-corrected chi connectivity index (χ3v) is 5.82. The minimum Gasteiger partial charge on any atom is -0.480 e. The van der Waals surface area contributed by atoms with Crippen LogP contribution in [0.4, 0.5) is 0 Å². The van der Waals surface area contributed by atoms with Crippen LogP contribution in [-0.4, -0.2) is 72.0 Å². The molecule has 0 fully saturated rings. The SMILES string of the molecule is NCCCCC(N)C(=O)NC(Cc1ccccc1)C(=O)NC(CCCCN)C(=O)NC(CC(N)=O)C(=O)O. The Bertz CT molecular complexity index is 915. The van der Waals surface area contributed by atoms with Gasteiger partial charge in [-0.2, -0.15) is 0 Å². The van der Waals surface area contributed by atoms with Crippen LogP contribution in [0.2, 0.25) is 0 Å². The molecule has 1 aromatic carbocycles. The number of hydrogen-bond donors (Lipinski definition) is 8. The molecule has 0 heterocycles. The van der Waals surface area contributed by atoms with Crippen molar-refractivity contribution in [3.63, 3.8) is 0 Å². The van der Waals surface area contributed by atoms with Crippen LogP contribution < -0.4 is 38.9 Å². The second-order valence-electron chi connectivity index (χ2n) is 9.06. The number of unbranched alkanes of at least 4 members (excludes halogenated alkanes) is 2. The second kappa shape index (κ2) is 17.8. The van der Waals surface area contributed by atoms with Crippen LogP contribution in [0.5, 0.6) is 0 Å². The van der Waals surface area contributed by atoms with E-state index in [-0.39, 0.29) is 12.8 Å². The number of nitrogens with one attached hydrogen (secondary N) is 3. The van der Waals surface area contributed by atoms with Gasteiger partial charge >= 0.3 is 5.97 Å². The predicted molar refractivity (Wildman–Crippen MR) is 141 cm³/mol. The quantitative estimate of drug-likeness (QED) is 0.0932. The zero-order valence-electron chi connectivity index (χ0n) is 21.6. The van der Waals surface area contributed by atoms with E-state index >= 15 is 0 Å². The summed E-state index contributed by atoms with van der Waals surface area (Å²) >= 11 is 0. The van der Waals surface area contributed by atoms with Crippen LogP contribution in [0, 0.1) is 0 Å². The van der Waals surface area contributed by atoms with Crippen LogP contribution in [0.3, 0.4) is 0 Å². The number of aliphatic carboxylic acids is 1. The molecule has 0 radical (unpaired) electrons. The molecule has 0 bridgehead atoms.